The summed E-state index contributed by atoms with van der Waals surface area (Å²) >= 11 is 0. The molecule has 10 heteroatoms. The quantitative estimate of drug-likeness (QED) is 0.674. The molecule has 0 aromatic heterocycles. The highest BCUT2D eigenvalue weighted by molar-refractivity contribution is 5.89. The Morgan fingerprint density at radius 3 is 2.31 bits per heavy atom. The number of benzene rings is 1. The summed E-state index contributed by atoms with van der Waals surface area (Å²) in [5, 5.41) is 21.3. The van der Waals surface area contributed by atoms with Crippen molar-refractivity contribution in [3.8, 4) is 0 Å². The summed E-state index contributed by atoms with van der Waals surface area (Å²) in [6, 6.07) is 2.46. The molecule has 0 saturated carbocycles. The van der Waals surface area contributed by atoms with Gasteiger partial charge in [-0.2, -0.15) is 0 Å². The minimum atomic E-state index is -1.48. The van der Waals surface area contributed by atoms with E-state index in [0.29, 0.717) is 0 Å². The first-order valence-electron chi connectivity index (χ1n) is 8.90. The van der Waals surface area contributed by atoms with Crippen LogP contribution in [0.25, 0.3) is 0 Å². The van der Waals surface area contributed by atoms with E-state index in [0.717, 1.165) is 11.0 Å². The number of rotatable bonds is 5. The number of hydrogen-bond donors (Lipinski definition) is 3. The lowest BCUT2D eigenvalue weighted by molar-refractivity contribution is -0.150. The maximum Gasteiger partial charge on any atom is 0.408 e. The summed E-state index contributed by atoms with van der Waals surface area (Å²) in [7, 11) is 0. The number of carboxylic acid groups (broad SMARTS) is 2. The zero-order valence-corrected chi connectivity index (χ0v) is 16.2. The lowest BCUT2D eigenvalue weighted by Crippen LogP contribution is -2.47. The molecule has 0 bridgehead atoms. The van der Waals surface area contributed by atoms with Gasteiger partial charge in [0.1, 0.15) is 24.0 Å². The number of nitrogens with one attached hydrogen (secondary N) is 1. The summed E-state index contributed by atoms with van der Waals surface area (Å²) in [5.74, 6) is -5.70. The van der Waals surface area contributed by atoms with Gasteiger partial charge in [0.05, 0.1) is 12.0 Å². The Morgan fingerprint density at radius 2 is 1.79 bits per heavy atom. The van der Waals surface area contributed by atoms with E-state index in [2.05, 4.69) is 5.32 Å². The number of halogens is 1. The topological polar surface area (TPSA) is 133 Å². The predicted molar refractivity (Wildman–Crippen MR) is 97.4 cm³/mol. The van der Waals surface area contributed by atoms with E-state index >= 15 is 0 Å². The van der Waals surface area contributed by atoms with Crippen LogP contribution in [0.3, 0.4) is 0 Å². The van der Waals surface area contributed by atoms with Crippen molar-refractivity contribution in [3.05, 3.63) is 35.6 Å². The molecule has 1 saturated heterocycles. The smallest absolute Gasteiger partial charge is 0.408 e. The normalized spacial score (nSPS) is 21.5. The fraction of sp³-hybridized carbons (Fsp3) is 0.474. The second kappa shape index (κ2) is 8.46. The fourth-order valence-electron chi connectivity index (χ4n) is 3.29. The molecular formula is C19H23FN2O7. The third-order valence-electron chi connectivity index (χ3n) is 4.39. The standard InChI is InChI=1S/C19H23FN2O7/c1-19(2,3)29-18(28)21-9-14(23)22-13(17(26)27)8-11(16(24)25)15(22)10-6-4-5-7-12(10)20/h4-7,11,13,15H,8-9H2,1-3H3,(H,21,28)(H,24,25)(H,26,27). The van der Waals surface area contributed by atoms with E-state index in [4.69, 9.17) is 4.74 Å². The first kappa shape index (κ1) is 22.1. The molecule has 1 heterocycles. The molecule has 0 spiro atoms. The number of alkyl carbamates (subject to hydrolysis) is 1. The van der Waals surface area contributed by atoms with Gasteiger partial charge in [-0.3, -0.25) is 9.59 Å². The molecule has 1 aromatic rings. The van der Waals surface area contributed by atoms with E-state index < -0.39 is 59.9 Å². The number of aliphatic carboxylic acids is 2. The molecule has 1 aliphatic heterocycles. The minimum Gasteiger partial charge on any atom is -0.481 e. The van der Waals surface area contributed by atoms with Gasteiger partial charge >= 0.3 is 18.0 Å². The van der Waals surface area contributed by atoms with Gasteiger partial charge in [-0.25, -0.2) is 14.0 Å². The average molecular weight is 410 g/mol. The van der Waals surface area contributed by atoms with Gasteiger partial charge in [0.2, 0.25) is 5.91 Å². The van der Waals surface area contributed by atoms with E-state index in [1.807, 2.05) is 0 Å². The number of amides is 2. The number of hydrogen-bond acceptors (Lipinski definition) is 5. The molecule has 2 amide bonds. The Labute approximate surface area is 166 Å². The van der Waals surface area contributed by atoms with Gasteiger partial charge in [-0.1, -0.05) is 18.2 Å². The van der Waals surface area contributed by atoms with Crippen molar-refractivity contribution in [2.24, 2.45) is 5.92 Å². The van der Waals surface area contributed by atoms with Gasteiger partial charge in [0.15, 0.2) is 0 Å². The number of ether oxygens (including phenoxy) is 1. The number of carbonyl (C=O) groups is 4. The summed E-state index contributed by atoms with van der Waals surface area (Å²) in [6.45, 7) is 4.25. The Hall–Kier alpha value is -3.17. The molecule has 29 heavy (non-hydrogen) atoms. The third-order valence-corrected chi connectivity index (χ3v) is 4.39. The van der Waals surface area contributed by atoms with Crippen LogP contribution in [0.2, 0.25) is 0 Å². The van der Waals surface area contributed by atoms with Crippen molar-refractivity contribution in [3.63, 3.8) is 0 Å². The first-order chi connectivity index (χ1) is 13.4. The van der Waals surface area contributed by atoms with Gasteiger partial charge in [-0.05, 0) is 33.3 Å². The molecule has 2 rings (SSSR count). The van der Waals surface area contributed by atoms with Crippen molar-refractivity contribution in [1.29, 1.82) is 0 Å². The van der Waals surface area contributed by atoms with Gasteiger partial charge in [0, 0.05) is 5.56 Å². The number of carboxylic acids is 2. The lowest BCUT2D eigenvalue weighted by Gasteiger charge is -2.30. The lowest BCUT2D eigenvalue weighted by atomic mass is 9.93. The van der Waals surface area contributed by atoms with Crippen LogP contribution in [-0.2, 0) is 19.1 Å². The molecule has 3 unspecified atom stereocenters. The summed E-state index contributed by atoms with van der Waals surface area (Å²) in [4.78, 5) is 48.8. The van der Waals surface area contributed by atoms with Crippen LogP contribution in [0, 0.1) is 11.7 Å². The summed E-state index contributed by atoms with van der Waals surface area (Å²) < 4.78 is 19.4. The zero-order chi connectivity index (χ0) is 21.9. The molecule has 0 aliphatic carbocycles. The molecule has 1 fully saturated rings. The second-order valence-corrected chi connectivity index (χ2v) is 7.66. The predicted octanol–water partition coefficient (Wildman–Crippen LogP) is 1.78. The van der Waals surface area contributed by atoms with Crippen molar-refractivity contribution >= 4 is 23.9 Å². The second-order valence-electron chi connectivity index (χ2n) is 7.66. The van der Waals surface area contributed by atoms with Gasteiger partial charge in [0.25, 0.3) is 0 Å². The highest BCUT2D eigenvalue weighted by Gasteiger charge is 2.51. The van der Waals surface area contributed by atoms with Gasteiger partial charge < -0.3 is 25.2 Å². The van der Waals surface area contributed by atoms with E-state index in [9.17, 15) is 33.8 Å². The molecule has 3 atom stereocenters. The third kappa shape index (κ3) is 5.21. The highest BCUT2D eigenvalue weighted by Crippen LogP contribution is 2.42. The van der Waals surface area contributed by atoms with Crippen LogP contribution in [0.4, 0.5) is 9.18 Å². The monoisotopic (exact) mass is 410 g/mol. The number of carbonyl (C=O) groups excluding carboxylic acids is 2. The maximum absolute atomic E-state index is 14.4. The molecule has 9 nitrogen and oxygen atoms in total. The molecule has 158 valence electrons. The molecule has 0 radical (unpaired) electrons. The Balaban J connectivity index is 2.33. The fourth-order valence-corrected chi connectivity index (χ4v) is 3.29. The van der Waals surface area contributed by atoms with Crippen molar-refractivity contribution < 1.29 is 38.5 Å². The van der Waals surface area contributed by atoms with Gasteiger partial charge in [-0.15, -0.1) is 0 Å². The zero-order valence-electron chi connectivity index (χ0n) is 16.2. The van der Waals surface area contributed by atoms with Crippen LogP contribution in [0.15, 0.2) is 24.3 Å². The largest absolute Gasteiger partial charge is 0.481 e. The number of nitrogens with zero attached hydrogens (tertiary/aromatic N) is 1. The van der Waals surface area contributed by atoms with Crippen molar-refractivity contribution in [1.82, 2.24) is 10.2 Å². The van der Waals surface area contributed by atoms with E-state index in [-0.39, 0.29) is 12.0 Å². The molecule has 3 N–H and O–H groups in total. The highest BCUT2D eigenvalue weighted by atomic mass is 19.1. The number of likely N-dealkylation sites (tertiary alicyclic amines) is 1. The Bertz CT molecular complexity index is 821. The van der Waals surface area contributed by atoms with E-state index in [1.165, 1.54) is 18.2 Å². The molecule has 1 aromatic carbocycles. The average Bonchev–Trinajstić information content (AvgIpc) is 2.99. The minimum absolute atomic E-state index is 0.103. The van der Waals surface area contributed by atoms with E-state index in [1.54, 1.807) is 20.8 Å². The van der Waals surface area contributed by atoms with Crippen molar-refractivity contribution in [2.75, 3.05) is 6.54 Å². The Kier molecular flexibility index (Phi) is 6.45. The SMILES string of the molecule is CC(C)(C)OC(=O)NCC(=O)N1C(C(=O)O)CC(C(=O)O)C1c1ccccc1F. The van der Waals surface area contributed by atoms with Crippen LogP contribution >= 0.6 is 0 Å². The Morgan fingerprint density at radius 1 is 1.17 bits per heavy atom. The van der Waals surface area contributed by atoms with Crippen LogP contribution < -0.4 is 5.32 Å². The molecular weight excluding hydrogens is 387 g/mol. The summed E-state index contributed by atoms with van der Waals surface area (Å²) in [6.07, 6.45) is -1.28. The first-order valence-corrected chi connectivity index (χ1v) is 8.90. The van der Waals surface area contributed by atoms with Crippen molar-refractivity contribution in [2.45, 2.75) is 44.9 Å². The van der Waals surface area contributed by atoms with Crippen LogP contribution in [-0.4, -0.2) is 57.2 Å². The van der Waals surface area contributed by atoms with Crippen LogP contribution in [0.5, 0.6) is 0 Å². The molecule has 1 aliphatic rings. The van der Waals surface area contributed by atoms with Crippen LogP contribution in [0.1, 0.15) is 38.8 Å². The summed E-state index contributed by atoms with van der Waals surface area (Å²) in [5.41, 5.74) is -0.914. The maximum atomic E-state index is 14.4.